The largest absolute Gasteiger partial charge is 0.458 e. The predicted molar refractivity (Wildman–Crippen MR) is 107 cm³/mol. The molecule has 146 valence electrons. The molecular weight excluding hydrogens is 376 g/mol. The van der Waals surface area contributed by atoms with Crippen molar-refractivity contribution in [2.24, 2.45) is 0 Å². The predicted octanol–water partition coefficient (Wildman–Crippen LogP) is 3.35. The van der Waals surface area contributed by atoms with Gasteiger partial charge < -0.3 is 4.74 Å². The summed E-state index contributed by atoms with van der Waals surface area (Å²) >= 11 is 0. The highest BCUT2D eigenvalue weighted by Crippen LogP contribution is 2.17. The van der Waals surface area contributed by atoms with Crippen LogP contribution in [0.2, 0.25) is 0 Å². The Morgan fingerprint density at radius 1 is 1.14 bits per heavy atom. The van der Waals surface area contributed by atoms with E-state index in [4.69, 9.17) is 10.00 Å². The highest BCUT2D eigenvalue weighted by molar-refractivity contribution is 7.89. The number of carbonyl (C=O) groups is 1. The minimum atomic E-state index is -3.50. The molecule has 0 aliphatic carbocycles. The van der Waals surface area contributed by atoms with Crippen molar-refractivity contribution in [2.45, 2.75) is 25.3 Å². The number of sulfonamides is 1. The molecule has 0 N–H and O–H groups in total. The van der Waals surface area contributed by atoms with E-state index >= 15 is 0 Å². The van der Waals surface area contributed by atoms with Crippen molar-refractivity contribution in [3.8, 4) is 6.07 Å². The Labute approximate surface area is 165 Å². The van der Waals surface area contributed by atoms with Gasteiger partial charge in [-0.1, -0.05) is 38.1 Å². The molecule has 0 aliphatic rings. The van der Waals surface area contributed by atoms with Crippen molar-refractivity contribution in [1.82, 2.24) is 4.31 Å². The Balaban J connectivity index is 1.98. The number of hydrogen-bond acceptors (Lipinski definition) is 5. The van der Waals surface area contributed by atoms with Gasteiger partial charge in [0, 0.05) is 19.2 Å². The summed E-state index contributed by atoms with van der Waals surface area (Å²) in [7, 11) is -3.50. The molecule has 0 bridgehead atoms. The fraction of sp³-hybridized carbons (Fsp3) is 0.238. The molecule has 7 heteroatoms. The van der Waals surface area contributed by atoms with Gasteiger partial charge in [-0.25, -0.2) is 13.2 Å². The first-order chi connectivity index (χ1) is 13.4. The Hall–Kier alpha value is -2.95. The lowest BCUT2D eigenvalue weighted by Crippen LogP contribution is -2.30. The molecule has 0 heterocycles. The maximum atomic E-state index is 12.5. The maximum absolute atomic E-state index is 12.5. The molecule has 0 atom stereocenters. The fourth-order valence-corrected chi connectivity index (χ4v) is 4.02. The lowest BCUT2D eigenvalue weighted by atomic mass is 10.1. The van der Waals surface area contributed by atoms with Crippen LogP contribution < -0.4 is 0 Å². The number of rotatable bonds is 8. The molecular formula is C21H22N2O4S. The fourth-order valence-electron chi connectivity index (χ4n) is 2.56. The summed E-state index contributed by atoms with van der Waals surface area (Å²) in [4.78, 5) is 12.1. The van der Waals surface area contributed by atoms with Gasteiger partial charge in [-0.15, -0.1) is 0 Å². The first-order valence-corrected chi connectivity index (χ1v) is 10.3. The monoisotopic (exact) mass is 398 g/mol. The van der Waals surface area contributed by atoms with E-state index in [9.17, 15) is 13.2 Å². The normalized spacial score (nSPS) is 11.5. The maximum Gasteiger partial charge on any atom is 0.331 e. The van der Waals surface area contributed by atoms with Gasteiger partial charge in [0.2, 0.25) is 10.0 Å². The van der Waals surface area contributed by atoms with Crippen LogP contribution in [0.3, 0.4) is 0 Å². The molecule has 0 aromatic heterocycles. The number of ether oxygens (including phenoxy) is 1. The number of hydrogen-bond donors (Lipinski definition) is 0. The summed E-state index contributed by atoms with van der Waals surface area (Å²) in [6, 6.07) is 15.2. The van der Waals surface area contributed by atoms with Crippen molar-refractivity contribution in [2.75, 3.05) is 13.1 Å². The van der Waals surface area contributed by atoms with Gasteiger partial charge >= 0.3 is 5.97 Å². The number of nitriles is 1. The SMILES string of the molecule is CCN(CC)S(=O)(=O)c1ccc(/C=C/C(=O)OCc2cccc(C#N)c2)cc1. The quantitative estimate of drug-likeness (QED) is 0.503. The van der Waals surface area contributed by atoms with Crippen LogP contribution in [0.1, 0.15) is 30.5 Å². The number of carbonyl (C=O) groups excluding carboxylic acids is 1. The van der Waals surface area contributed by atoms with Gasteiger partial charge in [0.1, 0.15) is 6.61 Å². The number of esters is 1. The molecule has 0 aliphatic heterocycles. The molecule has 2 aromatic carbocycles. The standard InChI is InChI=1S/C21H22N2O4S/c1-3-23(4-2)28(25,26)20-11-8-17(9-12-20)10-13-21(24)27-16-19-7-5-6-18(14-19)15-22/h5-14H,3-4,16H2,1-2H3/b13-10+. The second kappa shape index (κ2) is 9.83. The van der Waals surface area contributed by atoms with Gasteiger partial charge in [0.05, 0.1) is 16.5 Å². The minimum Gasteiger partial charge on any atom is -0.458 e. The number of nitrogens with zero attached hydrogens (tertiary/aromatic N) is 2. The van der Waals surface area contributed by atoms with E-state index in [2.05, 4.69) is 0 Å². The molecule has 2 aromatic rings. The highest BCUT2D eigenvalue weighted by Gasteiger charge is 2.20. The Morgan fingerprint density at radius 3 is 2.43 bits per heavy atom. The van der Waals surface area contributed by atoms with Crippen LogP contribution in [0.4, 0.5) is 0 Å². The second-order valence-corrected chi connectivity index (χ2v) is 7.85. The average molecular weight is 398 g/mol. The third kappa shape index (κ3) is 5.52. The smallest absolute Gasteiger partial charge is 0.331 e. The molecule has 0 saturated heterocycles. The van der Waals surface area contributed by atoms with Gasteiger partial charge in [-0.2, -0.15) is 9.57 Å². The first kappa shape index (κ1) is 21.4. The van der Waals surface area contributed by atoms with E-state index in [0.717, 1.165) is 5.56 Å². The minimum absolute atomic E-state index is 0.0692. The summed E-state index contributed by atoms with van der Waals surface area (Å²) < 4.78 is 31.4. The zero-order valence-corrected chi connectivity index (χ0v) is 16.6. The summed E-state index contributed by atoms with van der Waals surface area (Å²) in [5, 5.41) is 8.87. The van der Waals surface area contributed by atoms with Crippen LogP contribution in [0.15, 0.2) is 59.5 Å². The molecule has 2 rings (SSSR count). The summed E-state index contributed by atoms with van der Waals surface area (Å²) in [6.45, 7) is 4.47. The first-order valence-electron chi connectivity index (χ1n) is 8.84. The van der Waals surface area contributed by atoms with E-state index in [1.165, 1.54) is 22.5 Å². The van der Waals surface area contributed by atoms with Crippen molar-refractivity contribution in [1.29, 1.82) is 5.26 Å². The van der Waals surface area contributed by atoms with Crippen LogP contribution in [0.25, 0.3) is 6.08 Å². The van der Waals surface area contributed by atoms with Gasteiger partial charge in [0.15, 0.2) is 0 Å². The van der Waals surface area contributed by atoms with E-state index in [1.54, 1.807) is 56.3 Å². The topological polar surface area (TPSA) is 87.5 Å². The van der Waals surface area contributed by atoms with Gasteiger partial charge in [-0.3, -0.25) is 0 Å². The van der Waals surface area contributed by atoms with Crippen LogP contribution in [0, 0.1) is 11.3 Å². The van der Waals surface area contributed by atoms with Crippen LogP contribution >= 0.6 is 0 Å². The van der Waals surface area contributed by atoms with E-state index in [1.807, 2.05) is 6.07 Å². The van der Waals surface area contributed by atoms with Crippen molar-refractivity contribution in [3.05, 3.63) is 71.3 Å². The van der Waals surface area contributed by atoms with Gasteiger partial charge in [0.25, 0.3) is 0 Å². The molecule has 0 unspecified atom stereocenters. The van der Waals surface area contributed by atoms with Crippen LogP contribution in [0.5, 0.6) is 0 Å². The molecule has 0 fully saturated rings. The lowest BCUT2D eigenvalue weighted by Gasteiger charge is -2.18. The van der Waals surface area contributed by atoms with Crippen LogP contribution in [-0.4, -0.2) is 31.8 Å². The van der Waals surface area contributed by atoms with E-state index < -0.39 is 16.0 Å². The van der Waals surface area contributed by atoms with Crippen molar-refractivity contribution < 1.29 is 17.9 Å². The zero-order chi connectivity index (χ0) is 20.6. The Bertz CT molecular complexity index is 986. The molecule has 0 amide bonds. The summed E-state index contributed by atoms with van der Waals surface area (Å²) in [6.07, 6.45) is 2.84. The van der Waals surface area contributed by atoms with Crippen LogP contribution in [-0.2, 0) is 26.2 Å². The zero-order valence-electron chi connectivity index (χ0n) is 15.8. The Morgan fingerprint density at radius 2 is 1.82 bits per heavy atom. The summed E-state index contributed by atoms with van der Waals surface area (Å²) in [5.41, 5.74) is 1.91. The van der Waals surface area contributed by atoms with Crippen molar-refractivity contribution >= 4 is 22.1 Å². The third-order valence-electron chi connectivity index (χ3n) is 4.07. The van der Waals surface area contributed by atoms with Gasteiger partial charge in [-0.05, 0) is 41.5 Å². The Kier molecular flexibility index (Phi) is 7.50. The molecule has 28 heavy (non-hydrogen) atoms. The molecule has 0 spiro atoms. The third-order valence-corrected chi connectivity index (χ3v) is 6.14. The summed E-state index contributed by atoms with van der Waals surface area (Å²) in [5.74, 6) is -0.526. The van der Waals surface area contributed by atoms with E-state index in [-0.39, 0.29) is 11.5 Å². The highest BCUT2D eigenvalue weighted by atomic mass is 32.2. The molecule has 6 nitrogen and oxygen atoms in total. The van der Waals surface area contributed by atoms with E-state index in [0.29, 0.717) is 24.2 Å². The average Bonchev–Trinajstić information content (AvgIpc) is 2.72. The molecule has 0 saturated carbocycles. The molecule has 0 radical (unpaired) electrons. The number of benzene rings is 2. The van der Waals surface area contributed by atoms with Crippen molar-refractivity contribution in [3.63, 3.8) is 0 Å². The lowest BCUT2D eigenvalue weighted by molar-refractivity contribution is -0.138. The second-order valence-electron chi connectivity index (χ2n) is 5.91.